The molecule has 0 radical (unpaired) electrons. The number of hydrogen-bond donors (Lipinski definition) is 1. The Morgan fingerprint density at radius 2 is 2.07 bits per heavy atom. The van der Waals surface area contributed by atoms with Gasteiger partial charge in [-0.1, -0.05) is 0 Å². The molecule has 0 bridgehead atoms. The summed E-state index contributed by atoms with van der Waals surface area (Å²) in [5, 5.41) is 8.31. The second-order valence-electron chi connectivity index (χ2n) is 3.32. The maximum absolute atomic E-state index is 12.1. The first-order chi connectivity index (χ1) is 6.41. The van der Waals surface area contributed by atoms with Crippen LogP contribution in [0.2, 0.25) is 0 Å². The number of carboxylic acid groups (broad SMARTS) is 1. The number of halogens is 3. The van der Waals surface area contributed by atoms with Crippen molar-refractivity contribution in [3.63, 3.8) is 0 Å². The van der Waals surface area contributed by atoms with Crippen LogP contribution >= 0.6 is 0 Å². The third kappa shape index (κ3) is 2.87. The third-order valence-corrected chi connectivity index (χ3v) is 2.24. The lowest BCUT2D eigenvalue weighted by Gasteiger charge is -2.27. The van der Waals surface area contributed by atoms with Gasteiger partial charge in [-0.25, -0.2) is 0 Å². The molecule has 0 spiro atoms. The van der Waals surface area contributed by atoms with Crippen LogP contribution in [-0.2, 0) is 9.53 Å². The number of aliphatic carboxylic acids is 1. The fourth-order valence-corrected chi connectivity index (χ4v) is 1.08. The normalized spacial score (nSPS) is 20.2. The van der Waals surface area contributed by atoms with Crippen molar-refractivity contribution in [3.8, 4) is 0 Å². The molecule has 0 heterocycles. The number of ether oxygens (including phenoxy) is 1. The van der Waals surface area contributed by atoms with Gasteiger partial charge < -0.3 is 9.84 Å². The van der Waals surface area contributed by atoms with E-state index in [9.17, 15) is 18.0 Å². The molecule has 1 saturated carbocycles. The van der Waals surface area contributed by atoms with Gasteiger partial charge in [0.1, 0.15) is 0 Å². The maximum Gasteiger partial charge on any atom is 0.404 e. The van der Waals surface area contributed by atoms with Crippen molar-refractivity contribution in [1.29, 1.82) is 0 Å². The van der Waals surface area contributed by atoms with Crippen molar-refractivity contribution in [2.24, 2.45) is 5.92 Å². The average molecular weight is 212 g/mol. The Morgan fingerprint density at radius 3 is 2.36 bits per heavy atom. The molecule has 0 aromatic heterocycles. The Kier molecular flexibility index (Phi) is 3.36. The van der Waals surface area contributed by atoms with E-state index in [4.69, 9.17) is 9.84 Å². The highest BCUT2D eigenvalue weighted by Gasteiger charge is 2.45. The zero-order chi connectivity index (χ0) is 10.8. The van der Waals surface area contributed by atoms with Crippen LogP contribution in [0.15, 0.2) is 0 Å². The Bertz CT molecular complexity index is 210. The zero-order valence-corrected chi connectivity index (χ0v) is 7.38. The minimum Gasteiger partial charge on any atom is -0.481 e. The topological polar surface area (TPSA) is 46.5 Å². The van der Waals surface area contributed by atoms with Crippen molar-refractivity contribution >= 4 is 5.97 Å². The molecule has 0 saturated heterocycles. The van der Waals surface area contributed by atoms with E-state index in [1.54, 1.807) is 0 Å². The van der Waals surface area contributed by atoms with Crippen LogP contribution in [0.25, 0.3) is 0 Å². The van der Waals surface area contributed by atoms with Gasteiger partial charge in [0.25, 0.3) is 0 Å². The van der Waals surface area contributed by atoms with Gasteiger partial charge in [0, 0.05) is 0 Å². The van der Waals surface area contributed by atoms with E-state index < -0.39 is 24.7 Å². The standard InChI is InChI=1S/C8H11F3O3/c9-8(10,11)6(7(12)13)4-14-5-2-1-3-5/h5-6H,1-4H2,(H,12,13). The summed E-state index contributed by atoms with van der Waals surface area (Å²) in [5.74, 6) is -4.28. The van der Waals surface area contributed by atoms with E-state index in [1.165, 1.54) is 0 Å². The van der Waals surface area contributed by atoms with Crippen LogP contribution < -0.4 is 0 Å². The molecule has 6 heteroatoms. The molecule has 1 rings (SSSR count). The first kappa shape index (κ1) is 11.3. The smallest absolute Gasteiger partial charge is 0.404 e. The van der Waals surface area contributed by atoms with Crippen LogP contribution in [0.5, 0.6) is 0 Å². The molecule has 0 amide bonds. The summed E-state index contributed by atoms with van der Waals surface area (Å²) in [5.41, 5.74) is 0. The molecule has 0 aliphatic heterocycles. The van der Waals surface area contributed by atoms with E-state index in [0.29, 0.717) is 0 Å². The third-order valence-electron chi connectivity index (χ3n) is 2.24. The lowest BCUT2D eigenvalue weighted by atomic mass is 9.96. The Hall–Kier alpha value is -0.780. The fraction of sp³-hybridized carbons (Fsp3) is 0.875. The van der Waals surface area contributed by atoms with Crippen LogP contribution in [0.1, 0.15) is 19.3 Å². The number of carbonyl (C=O) groups is 1. The van der Waals surface area contributed by atoms with Gasteiger partial charge >= 0.3 is 12.1 Å². The monoisotopic (exact) mass is 212 g/mol. The maximum atomic E-state index is 12.1. The summed E-state index contributed by atoms with van der Waals surface area (Å²) >= 11 is 0. The van der Waals surface area contributed by atoms with Gasteiger partial charge in [-0.05, 0) is 19.3 Å². The molecule has 0 aromatic carbocycles. The Morgan fingerprint density at radius 1 is 1.50 bits per heavy atom. The number of carboxylic acids is 1. The molecule has 1 aliphatic carbocycles. The van der Waals surface area contributed by atoms with Crippen LogP contribution in [-0.4, -0.2) is 30.0 Å². The van der Waals surface area contributed by atoms with E-state index in [1.807, 2.05) is 0 Å². The van der Waals surface area contributed by atoms with Gasteiger partial charge in [-0.3, -0.25) is 4.79 Å². The summed E-state index contributed by atoms with van der Waals surface area (Å²) in [6, 6.07) is 0. The summed E-state index contributed by atoms with van der Waals surface area (Å²) < 4.78 is 41.1. The molecule has 1 aliphatic rings. The molecule has 3 nitrogen and oxygen atoms in total. The summed E-state index contributed by atoms with van der Waals surface area (Å²) in [4.78, 5) is 10.3. The lowest BCUT2D eigenvalue weighted by Crippen LogP contribution is -2.36. The van der Waals surface area contributed by atoms with Crippen LogP contribution in [0.3, 0.4) is 0 Å². The van der Waals surface area contributed by atoms with Gasteiger partial charge in [0.05, 0.1) is 12.7 Å². The summed E-state index contributed by atoms with van der Waals surface area (Å²) in [6.07, 6.45) is -2.52. The van der Waals surface area contributed by atoms with Gasteiger partial charge in [0.15, 0.2) is 5.92 Å². The fourth-order valence-electron chi connectivity index (χ4n) is 1.08. The van der Waals surface area contributed by atoms with E-state index in [0.717, 1.165) is 19.3 Å². The van der Waals surface area contributed by atoms with Crippen molar-refractivity contribution < 1.29 is 27.8 Å². The largest absolute Gasteiger partial charge is 0.481 e. The lowest BCUT2D eigenvalue weighted by molar-refractivity contribution is -0.207. The summed E-state index contributed by atoms with van der Waals surface area (Å²) in [7, 11) is 0. The second-order valence-corrected chi connectivity index (χ2v) is 3.32. The quantitative estimate of drug-likeness (QED) is 0.773. The number of hydrogen-bond acceptors (Lipinski definition) is 2. The van der Waals surface area contributed by atoms with Gasteiger partial charge in [-0.2, -0.15) is 13.2 Å². The van der Waals surface area contributed by atoms with Crippen molar-refractivity contribution in [1.82, 2.24) is 0 Å². The highest BCUT2D eigenvalue weighted by molar-refractivity contribution is 5.71. The second kappa shape index (κ2) is 4.16. The number of alkyl halides is 3. The number of rotatable bonds is 4. The van der Waals surface area contributed by atoms with Crippen molar-refractivity contribution in [2.45, 2.75) is 31.5 Å². The van der Waals surface area contributed by atoms with E-state index in [-0.39, 0.29) is 6.10 Å². The first-order valence-electron chi connectivity index (χ1n) is 4.32. The van der Waals surface area contributed by atoms with Crippen molar-refractivity contribution in [2.75, 3.05) is 6.61 Å². The molecule has 0 aromatic rings. The molecular formula is C8H11F3O3. The predicted octanol–water partition coefficient (Wildman–Crippen LogP) is 1.82. The van der Waals surface area contributed by atoms with Crippen LogP contribution in [0, 0.1) is 5.92 Å². The SMILES string of the molecule is O=C(O)C(COC1CCC1)C(F)(F)F. The molecule has 1 N–H and O–H groups in total. The van der Waals surface area contributed by atoms with Gasteiger partial charge in [0.2, 0.25) is 0 Å². The molecule has 14 heavy (non-hydrogen) atoms. The highest BCUT2D eigenvalue weighted by atomic mass is 19.4. The Labute approximate surface area is 78.9 Å². The molecule has 1 atom stereocenters. The summed E-state index contributed by atoms with van der Waals surface area (Å²) in [6.45, 7) is -0.774. The molecule has 1 unspecified atom stereocenters. The average Bonchev–Trinajstić information content (AvgIpc) is 1.90. The predicted molar refractivity (Wildman–Crippen MR) is 40.8 cm³/mol. The molecule has 82 valence electrons. The molecular weight excluding hydrogens is 201 g/mol. The van der Waals surface area contributed by atoms with Gasteiger partial charge in [-0.15, -0.1) is 0 Å². The zero-order valence-electron chi connectivity index (χ0n) is 7.38. The Balaban J connectivity index is 2.39. The minimum atomic E-state index is -4.73. The first-order valence-corrected chi connectivity index (χ1v) is 4.32. The van der Waals surface area contributed by atoms with Crippen LogP contribution in [0.4, 0.5) is 13.2 Å². The molecule has 1 fully saturated rings. The van der Waals surface area contributed by atoms with Crippen molar-refractivity contribution in [3.05, 3.63) is 0 Å². The highest BCUT2D eigenvalue weighted by Crippen LogP contribution is 2.29. The van der Waals surface area contributed by atoms with E-state index in [2.05, 4.69) is 0 Å². The van der Waals surface area contributed by atoms with E-state index >= 15 is 0 Å². The minimum absolute atomic E-state index is 0.181.